The number of carbonyl (C=O) groups excluding carboxylic acids is 1. The van der Waals surface area contributed by atoms with E-state index in [-0.39, 0.29) is 17.7 Å². The maximum Gasteiger partial charge on any atom is 0.573 e. The molecule has 28 heavy (non-hydrogen) atoms. The number of nitrogen functional groups attached to an aromatic ring is 1. The third-order valence-electron chi connectivity index (χ3n) is 4.53. The summed E-state index contributed by atoms with van der Waals surface area (Å²) in [6.07, 6.45) is -2.38. The number of nitrogens with two attached hydrogens (primary N) is 1. The molecule has 1 aliphatic heterocycles. The molecule has 1 fully saturated rings. The Bertz CT molecular complexity index is 829. The maximum absolute atomic E-state index is 12.6. The van der Waals surface area contributed by atoms with Crippen LogP contribution in [0.4, 0.5) is 19.0 Å². The van der Waals surface area contributed by atoms with Gasteiger partial charge in [0.05, 0.1) is 6.54 Å². The van der Waals surface area contributed by atoms with E-state index in [1.165, 1.54) is 12.1 Å². The molecule has 2 aromatic rings. The zero-order valence-electron chi connectivity index (χ0n) is 15.2. The van der Waals surface area contributed by atoms with E-state index in [2.05, 4.69) is 19.6 Å². The van der Waals surface area contributed by atoms with Crippen LogP contribution in [0.15, 0.2) is 36.5 Å². The van der Waals surface area contributed by atoms with Crippen molar-refractivity contribution in [2.24, 2.45) is 0 Å². The summed E-state index contributed by atoms with van der Waals surface area (Å²) in [7, 11) is 1.93. The number of nitrogens with zero attached hydrogens (tertiary/aromatic N) is 4. The van der Waals surface area contributed by atoms with E-state index < -0.39 is 6.36 Å². The Labute approximate surface area is 159 Å². The zero-order chi connectivity index (χ0) is 20.3. The molecule has 1 amide bonds. The Kier molecular flexibility index (Phi) is 5.68. The first-order chi connectivity index (χ1) is 13.2. The number of ether oxygens (including phenoxy) is 1. The monoisotopic (exact) mass is 395 g/mol. The van der Waals surface area contributed by atoms with Crippen molar-refractivity contribution in [2.75, 3.05) is 25.9 Å². The van der Waals surface area contributed by atoms with Crippen molar-refractivity contribution < 1.29 is 22.7 Å². The van der Waals surface area contributed by atoms with E-state index in [1.807, 2.05) is 7.05 Å². The molecule has 0 bridgehead atoms. The smallest absolute Gasteiger partial charge is 0.406 e. The van der Waals surface area contributed by atoms with Gasteiger partial charge in [0, 0.05) is 30.9 Å². The minimum atomic E-state index is -4.76. The Morgan fingerprint density at radius 1 is 1.32 bits per heavy atom. The fourth-order valence-corrected chi connectivity index (χ4v) is 3.11. The molecule has 2 heterocycles. The Balaban J connectivity index is 1.57. The van der Waals surface area contributed by atoms with E-state index in [4.69, 9.17) is 5.73 Å². The average Bonchev–Trinajstić information content (AvgIpc) is 3.11. The third-order valence-corrected chi connectivity index (χ3v) is 4.53. The number of benzene rings is 1. The third kappa shape index (κ3) is 5.10. The van der Waals surface area contributed by atoms with Crippen LogP contribution in [0.3, 0.4) is 0 Å². The van der Waals surface area contributed by atoms with Gasteiger partial charge in [-0.2, -0.15) is 0 Å². The summed E-state index contributed by atoms with van der Waals surface area (Å²) in [5.41, 5.74) is 5.98. The van der Waals surface area contributed by atoms with Gasteiger partial charge >= 0.3 is 6.36 Å². The fourth-order valence-electron chi connectivity index (χ4n) is 3.11. The Morgan fingerprint density at radius 3 is 2.68 bits per heavy atom. The number of alkyl halides is 3. The standard InChI is InChI=1S/C18H20F3N5O2/c1-25(11-16-23-8-6-15(22)24-16)13-7-9-26(10-13)17(27)12-2-4-14(5-3-12)28-18(19,20)21/h2-6,8,13H,7,9-11H2,1H3,(H2,22,23,24). The van der Waals surface area contributed by atoms with Gasteiger partial charge in [0.2, 0.25) is 0 Å². The second kappa shape index (κ2) is 8.01. The molecule has 1 aromatic carbocycles. The number of carbonyl (C=O) groups is 1. The van der Waals surface area contributed by atoms with Crippen LogP contribution in [0.25, 0.3) is 0 Å². The molecule has 3 rings (SSSR count). The quantitative estimate of drug-likeness (QED) is 0.836. The van der Waals surface area contributed by atoms with E-state index >= 15 is 0 Å². The van der Waals surface area contributed by atoms with Crippen LogP contribution in [-0.4, -0.2) is 58.2 Å². The van der Waals surface area contributed by atoms with Crippen LogP contribution in [0, 0.1) is 0 Å². The summed E-state index contributed by atoms with van der Waals surface area (Å²) in [4.78, 5) is 24.7. The van der Waals surface area contributed by atoms with E-state index in [0.717, 1.165) is 18.6 Å². The first kappa shape index (κ1) is 19.9. The average molecular weight is 395 g/mol. The highest BCUT2D eigenvalue weighted by Gasteiger charge is 2.32. The minimum Gasteiger partial charge on any atom is -0.406 e. The molecule has 0 radical (unpaired) electrons. The molecule has 1 saturated heterocycles. The van der Waals surface area contributed by atoms with Crippen molar-refractivity contribution in [3.05, 3.63) is 47.9 Å². The first-order valence-corrected chi connectivity index (χ1v) is 8.64. The van der Waals surface area contributed by atoms with Gasteiger partial charge in [0.1, 0.15) is 17.4 Å². The van der Waals surface area contributed by atoms with E-state index in [0.29, 0.717) is 36.8 Å². The molecular formula is C18H20F3N5O2. The van der Waals surface area contributed by atoms with E-state index in [1.54, 1.807) is 17.2 Å². The van der Waals surface area contributed by atoms with Crippen LogP contribution in [0.2, 0.25) is 0 Å². The zero-order valence-corrected chi connectivity index (χ0v) is 15.2. The Hall–Kier alpha value is -2.88. The molecule has 1 aliphatic rings. The normalized spacial score (nSPS) is 17.2. The molecule has 150 valence electrons. The van der Waals surface area contributed by atoms with Crippen molar-refractivity contribution in [1.82, 2.24) is 19.8 Å². The lowest BCUT2D eigenvalue weighted by Gasteiger charge is -2.24. The number of halogens is 3. The molecule has 0 saturated carbocycles. The van der Waals surface area contributed by atoms with Gasteiger partial charge in [-0.25, -0.2) is 9.97 Å². The van der Waals surface area contributed by atoms with Gasteiger partial charge in [-0.15, -0.1) is 13.2 Å². The Morgan fingerprint density at radius 2 is 2.04 bits per heavy atom. The number of hydrogen-bond donors (Lipinski definition) is 1. The molecule has 2 N–H and O–H groups in total. The second-order valence-electron chi connectivity index (χ2n) is 6.58. The highest BCUT2D eigenvalue weighted by Crippen LogP contribution is 2.24. The molecule has 1 atom stereocenters. The summed E-state index contributed by atoms with van der Waals surface area (Å²) in [5, 5.41) is 0. The topological polar surface area (TPSA) is 84.6 Å². The van der Waals surface area contributed by atoms with Crippen LogP contribution >= 0.6 is 0 Å². The SMILES string of the molecule is CN(Cc1nccc(N)n1)C1CCN(C(=O)c2ccc(OC(F)(F)F)cc2)C1. The summed E-state index contributed by atoms with van der Waals surface area (Å²) in [6, 6.07) is 6.68. The number of likely N-dealkylation sites (N-methyl/N-ethyl adjacent to an activating group) is 1. The van der Waals surface area contributed by atoms with Crippen LogP contribution in [0.1, 0.15) is 22.6 Å². The summed E-state index contributed by atoms with van der Waals surface area (Å²) in [6.45, 7) is 1.58. The molecule has 10 heteroatoms. The van der Waals surface area contributed by atoms with Crippen molar-refractivity contribution >= 4 is 11.7 Å². The first-order valence-electron chi connectivity index (χ1n) is 8.64. The van der Waals surface area contributed by atoms with Crippen molar-refractivity contribution in [1.29, 1.82) is 0 Å². The molecule has 1 aromatic heterocycles. The largest absolute Gasteiger partial charge is 0.573 e. The number of hydrogen-bond acceptors (Lipinski definition) is 6. The number of likely N-dealkylation sites (tertiary alicyclic amines) is 1. The fraction of sp³-hybridized carbons (Fsp3) is 0.389. The number of rotatable bonds is 5. The van der Waals surface area contributed by atoms with Gasteiger partial charge in [-0.05, 0) is 43.8 Å². The van der Waals surface area contributed by atoms with Crippen LogP contribution < -0.4 is 10.5 Å². The van der Waals surface area contributed by atoms with Crippen molar-refractivity contribution in [3.8, 4) is 5.75 Å². The van der Waals surface area contributed by atoms with Crippen LogP contribution in [0.5, 0.6) is 5.75 Å². The lowest BCUT2D eigenvalue weighted by atomic mass is 10.2. The highest BCUT2D eigenvalue weighted by atomic mass is 19.4. The number of amides is 1. The van der Waals surface area contributed by atoms with Gasteiger partial charge in [-0.1, -0.05) is 0 Å². The number of aromatic nitrogens is 2. The van der Waals surface area contributed by atoms with Gasteiger partial charge < -0.3 is 15.4 Å². The summed E-state index contributed by atoms with van der Waals surface area (Å²) >= 11 is 0. The minimum absolute atomic E-state index is 0.127. The lowest BCUT2D eigenvalue weighted by molar-refractivity contribution is -0.274. The predicted molar refractivity (Wildman–Crippen MR) is 95.3 cm³/mol. The summed E-state index contributed by atoms with van der Waals surface area (Å²) in [5.74, 6) is 0.423. The van der Waals surface area contributed by atoms with Crippen molar-refractivity contribution in [3.63, 3.8) is 0 Å². The molecule has 0 aliphatic carbocycles. The highest BCUT2D eigenvalue weighted by molar-refractivity contribution is 5.94. The summed E-state index contributed by atoms with van der Waals surface area (Å²) < 4.78 is 40.5. The lowest BCUT2D eigenvalue weighted by Crippen LogP contribution is -2.36. The van der Waals surface area contributed by atoms with Gasteiger partial charge in [0.15, 0.2) is 0 Å². The second-order valence-corrected chi connectivity index (χ2v) is 6.58. The molecule has 7 nitrogen and oxygen atoms in total. The maximum atomic E-state index is 12.6. The molecular weight excluding hydrogens is 375 g/mol. The molecule has 1 unspecified atom stereocenters. The van der Waals surface area contributed by atoms with Gasteiger partial charge in [0.25, 0.3) is 5.91 Å². The van der Waals surface area contributed by atoms with Gasteiger partial charge in [-0.3, -0.25) is 9.69 Å². The van der Waals surface area contributed by atoms with Crippen molar-refractivity contribution in [2.45, 2.75) is 25.4 Å². The predicted octanol–water partition coefficient (Wildman–Crippen LogP) is 2.30. The van der Waals surface area contributed by atoms with E-state index in [9.17, 15) is 18.0 Å². The number of anilines is 1. The van der Waals surface area contributed by atoms with Crippen LogP contribution in [-0.2, 0) is 6.54 Å². The molecule has 0 spiro atoms.